The molecule has 13 heteroatoms. The first-order valence-corrected chi connectivity index (χ1v) is 11.6. The van der Waals surface area contributed by atoms with Crippen LogP contribution >= 0.6 is 0 Å². The van der Waals surface area contributed by atoms with Crippen molar-refractivity contribution in [3.63, 3.8) is 0 Å². The van der Waals surface area contributed by atoms with Crippen LogP contribution in [-0.4, -0.2) is 48.7 Å². The first-order chi connectivity index (χ1) is 18.2. The lowest BCUT2D eigenvalue weighted by atomic mass is 10.1. The summed E-state index contributed by atoms with van der Waals surface area (Å²) in [6.45, 7) is -1.05. The summed E-state index contributed by atoms with van der Waals surface area (Å²) < 4.78 is 40.1. The molecule has 0 radical (unpaired) electrons. The van der Waals surface area contributed by atoms with E-state index in [1.54, 1.807) is 39.9 Å². The Kier molecular flexibility index (Phi) is 5.47. The molecule has 0 aliphatic carbocycles. The Bertz CT molecular complexity index is 1630. The number of anilines is 4. The van der Waals surface area contributed by atoms with Gasteiger partial charge in [0.05, 0.1) is 17.7 Å². The van der Waals surface area contributed by atoms with Crippen LogP contribution in [0.15, 0.2) is 67.1 Å². The largest absolute Gasteiger partial charge is 0.405 e. The number of nitrogens with one attached hydrogen (secondary N) is 2. The first-order valence-electron chi connectivity index (χ1n) is 11.6. The number of halogens is 3. The Morgan fingerprint density at radius 2 is 1.84 bits per heavy atom. The molecule has 5 aromatic rings. The van der Waals surface area contributed by atoms with Gasteiger partial charge in [0.2, 0.25) is 0 Å². The van der Waals surface area contributed by atoms with Crippen molar-refractivity contribution in [2.45, 2.75) is 12.7 Å². The van der Waals surface area contributed by atoms with Gasteiger partial charge in [-0.2, -0.15) is 23.4 Å². The third-order valence-corrected chi connectivity index (χ3v) is 6.10. The lowest BCUT2D eigenvalue weighted by molar-refractivity contribution is -0.115. The number of rotatable bonds is 5. The molecule has 2 N–H and O–H groups in total. The molecular formula is C25H20F3N9O. The Balaban J connectivity index is 1.41. The molecule has 4 heterocycles. The van der Waals surface area contributed by atoms with Gasteiger partial charge in [-0.3, -0.25) is 14.7 Å². The standard InChI is InChI=1S/C25H20F3N9O/c1-35-11-17-10-19(7-8-20(17)34-35)36-12-16-4-9-21(29-13-25(26,27)28)32-23(16)37(24(36)38)18-5-2-15(3-6-18)22-30-14-31-33-22/h2-11,14H,12-13H2,1H3,(H,29,32)(H,30,31,33). The van der Waals surface area contributed by atoms with Crippen LogP contribution in [-0.2, 0) is 13.6 Å². The van der Waals surface area contributed by atoms with Crippen molar-refractivity contribution in [3.05, 3.63) is 72.7 Å². The summed E-state index contributed by atoms with van der Waals surface area (Å²) in [5.41, 5.74) is 3.34. The second kappa shape index (κ2) is 8.87. The molecule has 6 rings (SSSR count). The molecule has 38 heavy (non-hydrogen) atoms. The fourth-order valence-corrected chi connectivity index (χ4v) is 4.38. The monoisotopic (exact) mass is 519 g/mol. The predicted octanol–water partition coefficient (Wildman–Crippen LogP) is 5.01. The number of amides is 2. The van der Waals surface area contributed by atoms with Crippen LogP contribution in [0.1, 0.15) is 5.56 Å². The minimum atomic E-state index is -4.41. The normalized spacial score (nSPS) is 13.7. The number of aryl methyl sites for hydroxylation is 1. The van der Waals surface area contributed by atoms with E-state index in [-0.39, 0.29) is 18.2 Å². The fraction of sp³-hybridized carbons (Fsp3) is 0.160. The van der Waals surface area contributed by atoms with Gasteiger partial charge in [0.1, 0.15) is 24.5 Å². The number of aromatic nitrogens is 6. The molecule has 10 nitrogen and oxygen atoms in total. The van der Waals surface area contributed by atoms with Gasteiger partial charge in [-0.05, 0) is 54.6 Å². The Morgan fingerprint density at radius 3 is 2.58 bits per heavy atom. The third kappa shape index (κ3) is 4.38. The van der Waals surface area contributed by atoms with E-state index in [1.807, 2.05) is 31.4 Å². The van der Waals surface area contributed by atoms with E-state index in [0.717, 1.165) is 16.5 Å². The molecule has 0 unspecified atom stereocenters. The van der Waals surface area contributed by atoms with Crippen LogP contribution in [0.4, 0.5) is 41.0 Å². The summed E-state index contributed by atoms with van der Waals surface area (Å²) in [4.78, 5) is 25.5. The Labute approximate surface area is 213 Å². The van der Waals surface area contributed by atoms with Crippen molar-refractivity contribution in [2.75, 3.05) is 21.7 Å². The van der Waals surface area contributed by atoms with Crippen LogP contribution in [0.5, 0.6) is 0 Å². The number of benzene rings is 2. The summed E-state index contributed by atoms with van der Waals surface area (Å²) in [5.74, 6) is 0.762. The number of aromatic amines is 1. The molecule has 3 aromatic heterocycles. The zero-order valence-corrected chi connectivity index (χ0v) is 19.9. The molecule has 192 valence electrons. The second-order valence-electron chi connectivity index (χ2n) is 8.77. The van der Waals surface area contributed by atoms with E-state index in [4.69, 9.17) is 0 Å². The van der Waals surface area contributed by atoms with Gasteiger partial charge in [-0.15, -0.1) is 0 Å². The van der Waals surface area contributed by atoms with Crippen molar-refractivity contribution in [1.29, 1.82) is 0 Å². The maximum atomic E-state index is 13.9. The zero-order valence-electron chi connectivity index (χ0n) is 19.9. The maximum absolute atomic E-state index is 13.9. The number of nitrogens with zero attached hydrogens (tertiary/aromatic N) is 7. The average Bonchev–Trinajstić information content (AvgIpc) is 3.56. The Morgan fingerprint density at radius 1 is 1.05 bits per heavy atom. The van der Waals surface area contributed by atoms with Gasteiger partial charge < -0.3 is 5.32 Å². The number of pyridine rings is 1. The second-order valence-corrected chi connectivity index (χ2v) is 8.77. The van der Waals surface area contributed by atoms with Crippen molar-refractivity contribution in [3.8, 4) is 11.4 Å². The smallest absolute Gasteiger partial charge is 0.361 e. The molecule has 2 aromatic carbocycles. The fourth-order valence-electron chi connectivity index (χ4n) is 4.38. The van der Waals surface area contributed by atoms with E-state index in [9.17, 15) is 18.0 Å². The number of fused-ring (bicyclic) bond motifs is 2. The number of H-pyrrole nitrogens is 1. The lowest BCUT2D eigenvalue weighted by Gasteiger charge is -2.36. The molecule has 0 atom stereocenters. The van der Waals surface area contributed by atoms with E-state index >= 15 is 0 Å². The van der Waals surface area contributed by atoms with E-state index < -0.39 is 18.8 Å². The molecular weight excluding hydrogens is 499 g/mol. The van der Waals surface area contributed by atoms with Crippen LogP contribution < -0.4 is 15.1 Å². The topological polar surface area (TPSA) is 108 Å². The van der Waals surface area contributed by atoms with Gasteiger partial charge in [0, 0.05) is 35.4 Å². The van der Waals surface area contributed by atoms with E-state index in [0.29, 0.717) is 22.8 Å². The molecule has 2 amide bonds. The highest BCUT2D eigenvalue weighted by Gasteiger charge is 2.34. The summed E-state index contributed by atoms with van der Waals surface area (Å²) in [5, 5.41) is 14.3. The Hall–Kier alpha value is -4.94. The van der Waals surface area contributed by atoms with E-state index in [1.165, 1.54) is 17.3 Å². The summed E-state index contributed by atoms with van der Waals surface area (Å²) in [6.07, 6.45) is -1.09. The van der Waals surface area contributed by atoms with Crippen LogP contribution in [0.25, 0.3) is 22.3 Å². The van der Waals surface area contributed by atoms with Crippen molar-refractivity contribution in [1.82, 2.24) is 29.9 Å². The average molecular weight is 519 g/mol. The zero-order chi connectivity index (χ0) is 26.4. The molecule has 0 saturated heterocycles. The van der Waals surface area contributed by atoms with Crippen molar-refractivity contribution in [2.24, 2.45) is 7.05 Å². The number of hydrogen-bond donors (Lipinski definition) is 2. The number of carbonyl (C=O) groups excluding carboxylic acids is 1. The summed E-state index contributed by atoms with van der Waals surface area (Å²) in [7, 11) is 1.82. The number of alkyl halides is 3. The van der Waals surface area contributed by atoms with Gasteiger partial charge in [0.25, 0.3) is 0 Å². The highest BCUT2D eigenvalue weighted by Crippen LogP contribution is 2.37. The molecule has 0 saturated carbocycles. The van der Waals surface area contributed by atoms with Crippen LogP contribution in [0.2, 0.25) is 0 Å². The van der Waals surface area contributed by atoms with Crippen LogP contribution in [0, 0.1) is 0 Å². The van der Waals surface area contributed by atoms with Gasteiger partial charge in [-0.1, -0.05) is 0 Å². The van der Waals surface area contributed by atoms with E-state index in [2.05, 4.69) is 30.6 Å². The molecule has 0 fully saturated rings. The highest BCUT2D eigenvalue weighted by molar-refractivity contribution is 6.11. The van der Waals surface area contributed by atoms with Crippen LogP contribution in [0.3, 0.4) is 0 Å². The number of hydrogen-bond acceptors (Lipinski definition) is 6. The van der Waals surface area contributed by atoms with Gasteiger partial charge in [0.15, 0.2) is 5.82 Å². The SMILES string of the molecule is Cn1cc2cc(N3Cc4ccc(NCC(F)(F)F)nc4N(c4ccc(-c5nc[nH]n5)cc4)C3=O)ccc2n1. The minimum absolute atomic E-state index is 0.0152. The summed E-state index contributed by atoms with van der Waals surface area (Å²) in [6, 6.07) is 15.3. The highest BCUT2D eigenvalue weighted by atomic mass is 19.4. The predicted molar refractivity (Wildman–Crippen MR) is 135 cm³/mol. The number of urea groups is 1. The van der Waals surface area contributed by atoms with Crippen molar-refractivity contribution < 1.29 is 18.0 Å². The molecule has 0 spiro atoms. The first kappa shape index (κ1) is 23.5. The lowest BCUT2D eigenvalue weighted by Crippen LogP contribution is -2.45. The molecule has 1 aliphatic rings. The van der Waals surface area contributed by atoms with Gasteiger partial charge in [-0.25, -0.2) is 19.7 Å². The molecule has 0 bridgehead atoms. The number of carbonyl (C=O) groups is 1. The quantitative estimate of drug-likeness (QED) is 0.338. The minimum Gasteiger partial charge on any atom is -0.361 e. The van der Waals surface area contributed by atoms with Gasteiger partial charge >= 0.3 is 12.2 Å². The third-order valence-electron chi connectivity index (χ3n) is 6.10. The van der Waals surface area contributed by atoms with Crippen molar-refractivity contribution >= 4 is 39.9 Å². The molecule has 1 aliphatic heterocycles. The summed E-state index contributed by atoms with van der Waals surface area (Å²) >= 11 is 0. The maximum Gasteiger partial charge on any atom is 0.405 e.